The number of urea groups is 1. The van der Waals surface area contributed by atoms with E-state index in [4.69, 9.17) is 5.11 Å². The van der Waals surface area contributed by atoms with Gasteiger partial charge in [0.15, 0.2) is 0 Å². The van der Waals surface area contributed by atoms with E-state index < -0.39 is 5.97 Å². The summed E-state index contributed by atoms with van der Waals surface area (Å²) in [6, 6.07) is -0.602. The van der Waals surface area contributed by atoms with Gasteiger partial charge in [0, 0.05) is 19.6 Å². The lowest BCUT2D eigenvalue weighted by molar-refractivity contribution is -0.138. The number of carboxylic acids is 1. The van der Waals surface area contributed by atoms with Gasteiger partial charge in [0.2, 0.25) is 0 Å². The molecular formula is C11H22N2O3. The molecule has 0 aliphatic rings. The van der Waals surface area contributed by atoms with Gasteiger partial charge in [-0.25, -0.2) is 4.79 Å². The molecule has 0 radical (unpaired) electrons. The average Bonchev–Trinajstić information content (AvgIpc) is 2.13. The molecule has 0 saturated carbocycles. The molecule has 0 heterocycles. The fourth-order valence-electron chi connectivity index (χ4n) is 1.15. The first-order valence-corrected chi connectivity index (χ1v) is 5.42. The highest BCUT2D eigenvalue weighted by molar-refractivity contribution is 5.75. The molecule has 94 valence electrons. The summed E-state index contributed by atoms with van der Waals surface area (Å²) in [5.41, 5.74) is -0.275. The summed E-state index contributed by atoms with van der Waals surface area (Å²) in [7, 11) is 1.68. The minimum absolute atomic E-state index is 0.0627. The van der Waals surface area contributed by atoms with E-state index in [1.807, 2.05) is 27.7 Å². The maximum atomic E-state index is 11.6. The van der Waals surface area contributed by atoms with Gasteiger partial charge in [-0.3, -0.25) is 4.79 Å². The summed E-state index contributed by atoms with van der Waals surface area (Å²) in [4.78, 5) is 23.9. The van der Waals surface area contributed by atoms with Gasteiger partial charge in [-0.1, -0.05) is 20.8 Å². The van der Waals surface area contributed by atoms with E-state index in [0.717, 1.165) is 0 Å². The zero-order chi connectivity index (χ0) is 12.9. The molecule has 0 aromatic carbocycles. The summed E-state index contributed by atoms with van der Waals surface area (Å²) in [5.74, 6) is -0.903. The first-order valence-electron chi connectivity index (χ1n) is 5.42. The van der Waals surface area contributed by atoms with Crippen LogP contribution in [0.25, 0.3) is 0 Å². The molecule has 2 N–H and O–H groups in total. The van der Waals surface area contributed by atoms with Crippen molar-refractivity contribution in [3.63, 3.8) is 0 Å². The van der Waals surface area contributed by atoms with Crippen molar-refractivity contribution in [2.75, 3.05) is 13.6 Å². The number of hydrogen-bond acceptors (Lipinski definition) is 2. The normalized spacial score (nSPS) is 13.1. The van der Waals surface area contributed by atoms with Gasteiger partial charge in [-0.05, 0) is 12.3 Å². The molecule has 1 unspecified atom stereocenters. The maximum absolute atomic E-state index is 11.6. The van der Waals surface area contributed by atoms with E-state index in [1.165, 1.54) is 4.90 Å². The van der Waals surface area contributed by atoms with Gasteiger partial charge in [0.05, 0.1) is 6.42 Å². The standard InChI is InChI=1S/C11H22N2O3/c1-6-13(5)10(16)12-8(7-9(14)15)11(2,3)4/h8H,6-7H2,1-5H3,(H,12,16)(H,14,15). The predicted octanol–water partition coefficient (Wildman–Crippen LogP) is 1.54. The summed E-state index contributed by atoms with van der Waals surface area (Å²) >= 11 is 0. The second kappa shape index (κ2) is 5.72. The molecule has 0 fully saturated rings. The van der Waals surface area contributed by atoms with Crippen molar-refractivity contribution in [3.8, 4) is 0 Å². The van der Waals surface area contributed by atoms with Crippen LogP contribution in [0.1, 0.15) is 34.1 Å². The average molecular weight is 230 g/mol. The van der Waals surface area contributed by atoms with Crippen molar-refractivity contribution in [3.05, 3.63) is 0 Å². The largest absolute Gasteiger partial charge is 0.481 e. The van der Waals surface area contributed by atoms with Crippen LogP contribution in [0.15, 0.2) is 0 Å². The first kappa shape index (κ1) is 14.7. The predicted molar refractivity (Wildman–Crippen MR) is 62.3 cm³/mol. The van der Waals surface area contributed by atoms with E-state index >= 15 is 0 Å². The highest BCUT2D eigenvalue weighted by Gasteiger charge is 2.28. The third-order valence-electron chi connectivity index (χ3n) is 2.54. The number of rotatable bonds is 4. The third kappa shape index (κ3) is 5.00. The van der Waals surface area contributed by atoms with Gasteiger partial charge in [-0.2, -0.15) is 0 Å². The van der Waals surface area contributed by atoms with Gasteiger partial charge in [0.25, 0.3) is 0 Å². The zero-order valence-electron chi connectivity index (χ0n) is 10.7. The number of nitrogens with one attached hydrogen (secondary N) is 1. The Morgan fingerprint density at radius 2 is 1.88 bits per heavy atom. The smallest absolute Gasteiger partial charge is 0.317 e. The molecule has 0 spiro atoms. The summed E-state index contributed by atoms with van der Waals surface area (Å²) in [6.07, 6.45) is -0.0627. The molecule has 0 saturated heterocycles. The Hall–Kier alpha value is -1.26. The molecule has 5 heteroatoms. The lowest BCUT2D eigenvalue weighted by Crippen LogP contribution is -2.49. The molecule has 0 aromatic rings. The lowest BCUT2D eigenvalue weighted by atomic mass is 9.85. The van der Waals surface area contributed by atoms with Gasteiger partial charge in [0.1, 0.15) is 0 Å². The van der Waals surface area contributed by atoms with Gasteiger partial charge in [-0.15, -0.1) is 0 Å². The van der Waals surface area contributed by atoms with Crippen LogP contribution in [0.3, 0.4) is 0 Å². The minimum Gasteiger partial charge on any atom is -0.481 e. The van der Waals surface area contributed by atoms with Crippen LogP contribution < -0.4 is 5.32 Å². The van der Waals surface area contributed by atoms with Crippen molar-refractivity contribution in [2.24, 2.45) is 5.41 Å². The van der Waals surface area contributed by atoms with E-state index in [2.05, 4.69) is 5.32 Å². The molecule has 16 heavy (non-hydrogen) atoms. The highest BCUT2D eigenvalue weighted by Crippen LogP contribution is 2.21. The topological polar surface area (TPSA) is 69.6 Å². The third-order valence-corrected chi connectivity index (χ3v) is 2.54. The van der Waals surface area contributed by atoms with Crippen LogP contribution in [0, 0.1) is 5.41 Å². The zero-order valence-corrected chi connectivity index (χ0v) is 10.7. The number of carbonyl (C=O) groups excluding carboxylic acids is 1. The molecular weight excluding hydrogens is 208 g/mol. The number of carboxylic acid groups (broad SMARTS) is 1. The summed E-state index contributed by atoms with van der Waals surface area (Å²) in [5, 5.41) is 11.5. The Labute approximate surface area is 96.8 Å². The van der Waals surface area contributed by atoms with Crippen LogP contribution >= 0.6 is 0 Å². The van der Waals surface area contributed by atoms with Crippen molar-refractivity contribution in [1.82, 2.24) is 10.2 Å². The van der Waals surface area contributed by atoms with Crippen LogP contribution in [0.2, 0.25) is 0 Å². The molecule has 1 atom stereocenters. The second-order valence-corrected chi connectivity index (χ2v) is 4.98. The van der Waals surface area contributed by atoms with Crippen molar-refractivity contribution >= 4 is 12.0 Å². The van der Waals surface area contributed by atoms with Crippen LogP contribution in [-0.4, -0.2) is 41.6 Å². The molecule has 0 bridgehead atoms. The van der Waals surface area contributed by atoms with Crippen LogP contribution in [-0.2, 0) is 4.79 Å². The fourth-order valence-corrected chi connectivity index (χ4v) is 1.15. The maximum Gasteiger partial charge on any atom is 0.317 e. The van der Waals surface area contributed by atoms with Crippen LogP contribution in [0.5, 0.6) is 0 Å². The second-order valence-electron chi connectivity index (χ2n) is 4.98. The SMILES string of the molecule is CCN(C)C(=O)NC(CC(=O)O)C(C)(C)C. The molecule has 5 nitrogen and oxygen atoms in total. The number of nitrogens with zero attached hydrogens (tertiary/aromatic N) is 1. The number of aliphatic carboxylic acids is 1. The van der Waals surface area contributed by atoms with Crippen molar-refractivity contribution in [2.45, 2.75) is 40.2 Å². The van der Waals surface area contributed by atoms with Crippen LogP contribution in [0.4, 0.5) is 4.79 Å². The molecule has 0 aliphatic heterocycles. The number of hydrogen-bond donors (Lipinski definition) is 2. The Bertz CT molecular complexity index is 258. The number of carbonyl (C=O) groups is 2. The van der Waals surface area contributed by atoms with E-state index in [1.54, 1.807) is 7.05 Å². The summed E-state index contributed by atoms with van der Waals surface area (Å²) < 4.78 is 0. The minimum atomic E-state index is -0.903. The van der Waals surface area contributed by atoms with Crippen molar-refractivity contribution < 1.29 is 14.7 Å². The fraction of sp³-hybridized carbons (Fsp3) is 0.818. The first-order chi connectivity index (χ1) is 7.18. The molecule has 0 rings (SSSR count). The number of amides is 2. The monoisotopic (exact) mass is 230 g/mol. The Morgan fingerprint density at radius 1 is 1.38 bits per heavy atom. The van der Waals surface area contributed by atoms with Gasteiger partial charge < -0.3 is 15.3 Å². The summed E-state index contributed by atoms with van der Waals surface area (Å²) in [6.45, 7) is 8.19. The molecule has 0 aliphatic carbocycles. The van der Waals surface area contributed by atoms with E-state index in [-0.39, 0.29) is 23.9 Å². The Balaban J connectivity index is 4.56. The van der Waals surface area contributed by atoms with Gasteiger partial charge >= 0.3 is 12.0 Å². The van der Waals surface area contributed by atoms with Crippen molar-refractivity contribution in [1.29, 1.82) is 0 Å². The molecule has 2 amide bonds. The Kier molecular flexibility index (Phi) is 5.27. The molecule has 0 aromatic heterocycles. The highest BCUT2D eigenvalue weighted by atomic mass is 16.4. The lowest BCUT2D eigenvalue weighted by Gasteiger charge is -2.31. The van der Waals surface area contributed by atoms with E-state index in [9.17, 15) is 9.59 Å². The quantitative estimate of drug-likeness (QED) is 0.769. The Morgan fingerprint density at radius 3 is 2.19 bits per heavy atom. The van der Waals surface area contributed by atoms with E-state index in [0.29, 0.717) is 6.54 Å².